The van der Waals surface area contributed by atoms with Gasteiger partial charge in [0, 0.05) is 16.8 Å². The number of likely N-dealkylation sites (tertiary alicyclic amines) is 1. The summed E-state index contributed by atoms with van der Waals surface area (Å²) in [5.41, 5.74) is -1.18. The Bertz CT molecular complexity index is 554. The van der Waals surface area contributed by atoms with Crippen LogP contribution >= 0.6 is 11.3 Å². The normalized spacial score (nSPS) is 24.7. The first-order chi connectivity index (χ1) is 9.40. The van der Waals surface area contributed by atoms with Crippen molar-refractivity contribution in [3.63, 3.8) is 0 Å². The summed E-state index contributed by atoms with van der Waals surface area (Å²) >= 11 is 1.47. The van der Waals surface area contributed by atoms with E-state index in [0.717, 1.165) is 10.4 Å². The van der Waals surface area contributed by atoms with Crippen LogP contribution in [0.4, 0.5) is 0 Å². The Balaban J connectivity index is 2.34. The van der Waals surface area contributed by atoms with Crippen LogP contribution in [0.5, 0.6) is 0 Å². The van der Waals surface area contributed by atoms with Gasteiger partial charge in [0.05, 0.1) is 11.0 Å². The predicted octanol–water partition coefficient (Wildman–Crippen LogP) is 2.69. The van der Waals surface area contributed by atoms with Gasteiger partial charge in [-0.15, -0.1) is 11.3 Å². The lowest BCUT2D eigenvalue weighted by Crippen LogP contribution is -2.38. The molecule has 1 saturated heterocycles. The highest BCUT2D eigenvalue weighted by Crippen LogP contribution is 2.50. The van der Waals surface area contributed by atoms with Crippen LogP contribution in [-0.2, 0) is 16.9 Å². The quantitative estimate of drug-likeness (QED) is 0.902. The van der Waals surface area contributed by atoms with Crippen molar-refractivity contribution in [3.05, 3.63) is 21.9 Å². The van der Waals surface area contributed by atoms with Gasteiger partial charge >= 0.3 is 0 Å². The van der Waals surface area contributed by atoms with E-state index in [-0.39, 0.29) is 5.91 Å². The van der Waals surface area contributed by atoms with Gasteiger partial charge in [-0.05, 0) is 30.9 Å². The van der Waals surface area contributed by atoms with E-state index in [1.807, 2.05) is 39.1 Å². The molecule has 2 heterocycles. The molecule has 0 aromatic carbocycles. The molecule has 1 aromatic heterocycles. The summed E-state index contributed by atoms with van der Waals surface area (Å²) in [6, 6.07) is 1.91. The van der Waals surface area contributed by atoms with Gasteiger partial charge in [0.15, 0.2) is 0 Å². The minimum absolute atomic E-state index is 0.0482. The number of aliphatic hydroxyl groups excluding tert-OH is 1. The smallest absolute Gasteiger partial charge is 0.231 e. The number of rotatable bonds is 3. The third-order valence-electron chi connectivity index (χ3n) is 4.99. The second kappa shape index (κ2) is 4.80. The maximum Gasteiger partial charge on any atom is 0.231 e. The second-order valence-electron chi connectivity index (χ2n) is 7.49. The minimum Gasteiger partial charge on any atom is -0.385 e. The highest BCUT2D eigenvalue weighted by atomic mass is 32.1. The Labute approximate surface area is 130 Å². The molecule has 5 heteroatoms. The lowest BCUT2D eigenvalue weighted by atomic mass is 9.69. The molecular weight excluding hydrogens is 286 g/mol. The predicted molar refractivity (Wildman–Crippen MR) is 83.7 cm³/mol. The number of amides is 1. The summed E-state index contributed by atoms with van der Waals surface area (Å²) < 4.78 is 0. The summed E-state index contributed by atoms with van der Waals surface area (Å²) in [7, 11) is 0. The van der Waals surface area contributed by atoms with Crippen LogP contribution in [-0.4, -0.2) is 27.2 Å². The Hall–Kier alpha value is -0.910. The van der Waals surface area contributed by atoms with Crippen molar-refractivity contribution in [2.24, 2.45) is 10.8 Å². The van der Waals surface area contributed by atoms with Crippen LogP contribution in [0.15, 0.2) is 11.4 Å². The molecule has 1 unspecified atom stereocenters. The monoisotopic (exact) mass is 311 g/mol. The van der Waals surface area contributed by atoms with Crippen molar-refractivity contribution < 1.29 is 15.0 Å². The Kier molecular flexibility index (Phi) is 3.76. The molecule has 1 aliphatic heterocycles. The Morgan fingerprint density at radius 2 is 1.90 bits per heavy atom. The van der Waals surface area contributed by atoms with Crippen LogP contribution in [0, 0.1) is 10.8 Å². The molecule has 2 N–H and O–H groups in total. The fourth-order valence-electron chi connectivity index (χ4n) is 2.80. The van der Waals surface area contributed by atoms with Gasteiger partial charge in [-0.1, -0.05) is 27.7 Å². The van der Waals surface area contributed by atoms with Gasteiger partial charge in [0.25, 0.3) is 0 Å². The van der Waals surface area contributed by atoms with Crippen molar-refractivity contribution in [1.29, 1.82) is 0 Å². The van der Waals surface area contributed by atoms with E-state index in [4.69, 9.17) is 0 Å². The largest absolute Gasteiger partial charge is 0.385 e. The van der Waals surface area contributed by atoms with Gasteiger partial charge in [-0.2, -0.15) is 0 Å². The summed E-state index contributed by atoms with van der Waals surface area (Å²) in [6.07, 6.45) is -0.824. The van der Waals surface area contributed by atoms with E-state index in [1.54, 1.807) is 13.8 Å². The van der Waals surface area contributed by atoms with E-state index in [9.17, 15) is 15.0 Å². The number of hydrogen-bond acceptors (Lipinski definition) is 4. The molecule has 1 aliphatic rings. The highest BCUT2D eigenvalue weighted by Gasteiger charge is 2.58. The first kappa shape index (κ1) is 16.5. The van der Waals surface area contributed by atoms with E-state index in [2.05, 4.69) is 0 Å². The van der Waals surface area contributed by atoms with Crippen molar-refractivity contribution in [2.45, 2.75) is 59.9 Å². The minimum atomic E-state index is -0.942. The second-order valence-corrected chi connectivity index (χ2v) is 8.40. The number of nitrogens with zero attached hydrogens (tertiary/aromatic N) is 1. The van der Waals surface area contributed by atoms with Crippen LogP contribution < -0.4 is 0 Å². The third-order valence-corrected chi connectivity index (χ3v) is 6.26. The van der Waals surface area contributed by atoms with E-state index < -0.39 is 22.7 Å². The summed E-state index contributed by atoms with van der Waals surface area (Å²) in [4.78, 5) is 15.0. The number of carbonyl (C=O) groups is 1. The fourth-order valence-corrected chi connectivity index (χ4v) is 3.74. The molecule has 0 radical (unpaired) electrons. The van der Waals surface area contributed by atoms with Crippen LogP contribution in [0.3, 0.4) is 0 Å². The molecule has 0 saturated carbocycles. The molecular formula is C16H25NO3S. The Morgan fingerprint density at radius 3 is 2.33 bits per heavy atom. The number of thiophene rings is 1. The molecule has 0 bridgehead atoms. The number of hydrogen-bond donors (Lipinski definition) is 2. The molecule has 1 amide bonds. The van der Waals surface area contributed by atoms with Crippen molar-refractivity contribution in [2.75, 3.05) is 0 Å². The van der Waals surface area contributed by atoms with Gasteiger partial charge in [-0.3, -0.25) is 4.79 Å². The maximum absolute atomic E-state index is 12.6. The topological polar surface area (TPSA) is 60.8 Å². The molecule has 21 heavy (non-hydrogen) atoms. The molecule has 0 aliphatic carbocycles. The SMILES string of the molecule is CC(C)(O)c1sccc1CN1C(=O)C(C)(C)C(C)(C)C1O. The zero-order chi connectivity index (χ0) is 16.2. The average Bonchev–Trinajstić information content (AvgIpc) is 2.84. The first-order valence-corrected chi connectivity index (χ1v) is 8.07. The van der Waals surface area contributed by atoms with E-state index in [0.29, 0.717) is 6.54 Å². The van der Waals surface area contributed by atoms with Crippen molar-refractivity contribution in [3.8, 4) is 0 Å². The summed E-state index contributed by atoms with van der Waals surface area (Å²) in [6.45, 7) is 11.4. The van der Waals surface area contributed by atoms with Gasteiger partial charge < -0.3 is 15.1 Å². The fraction of sp³-hybridized carbons (Fsp3) is 0.688. The summed E-state index contributed by atoms with van der Waals surface area (Å²) in [5, 5.41) is 22.7. The van der Waals surface area contributed by atoms with E-state index >= 15 is 0 Å². The zero-order valence-corrected chi connectivity index (χ0v) is 14.4. The van der Waals surface area contributed by atoms with Crippen molar-refractivity contribution >= 4 is 17.2 Å². The molecule has 1 aromatic rings. The van der Waals surface area contributed by atoms with E-state index in [1.165, 1.54) is 16.2 Å². The molecule has 2 rings (SSSR count). The lowest BCUT2D eigenvalue weighted by Gasteiger charge is -2.33. The molecule has 1 atom stereocenters. The first-order valence-electron chi connectivity index (χ1n) is 7.19. The molecule has 4 nitrogen and oxygen atoms in total. The van der Waals surface area contributed by atoms with Crippen molar-refractivity contribution in [1.82, 2.24) is 4.90 Å². The standard InChI is InChI=1S/C16H25NO3S/c1-14(2)12(18)17(13(19)15(14,3)4)9-10-7-8-21-11(10)16(5,6)20/h7-8,12,18,20H,9H2,1-6H3. The Morgan fingerprint density at radius 1 is 1.33 bits per heavy atom. The summed E-state index contributed by atoms with van der Waals surface area (Å²) in [5.74, 6) is -0.0482. The van der Waals surface area contributed by atoms with Crippen LogP contribution in [0.1, 0.15) is 52.0 Å². The lowest BCUT2D eigenvalue weighted by molar-refractivity contribution is -0.139. The highest BCUT2D eigenvalue weighted by molar-refractivity contribution is 7.10. The van der Waals surface area contributed by atoms with Gasteiger partial charge in [0.1, 0.15) is 6.23 Å². The number of carbonyl (C=O) groups excluding carboxylic acids is 1. The maximum atomic E-state index is 12.6. The average molecular weight is 311 g/mol. The van der Waals surface area contributed by atoms with Crippen LogP contribution in [0.2, 0.25) is 0 Å². The molecule has 118 valence electrons. The van der Waals surface area contributed by atoms with Crippen LogP contribution in [0.25, 0.3) is 0 Å². The zero-order valence-electron chi connectivity index (χ0n) is 13.6. The van der Waals surface area contributed by atoms with Gasteiger partial charge in [0.2, 0.25) is 5.91 Å². The molecule has 1 fully saturated rings. The number of aliphatic hydroxyl groups is 2. The van der Waals surface area contributed by atoms with Gasteiger partial charge in [-0.25, -0.2) is 0 Å². The third kappa shape index (κ3) is 2.41. The molecule has 0 spiro atoms.